The molecule has 14 heavy (non-hydrogen) atoms. The number of hydrogen-bond donors (Lipinski definition) is 0. The molecule has 74 valence electrons. The predicted molar refractivity (Wildman–Crippen MR) is 55.7 cm³/mol. The van der Waals surface area contributed by atoms with E-state index < -0.39 is 0 Å². The molecule has 1 fully saturated rings. The Morgan fingerprint density at radius 2 is 2.07 bits per heavy atom. The Balaban J connectivity index is 2.16. The third-order valence-corrected chi connectivity index (χ3v) is 2.70. The van der Waals surface area contributed by atoms with Crippen molar-refractivity contribution in [2.45, 2.75) is 12.8 Å². The minimum absolute atomic E-state index is 0.339. The van der Waals surface area contributed by atoms with E-state index in [2.05, 4.69) is 9.88 Å². The monoisotopic (exact) mass is 210 g/mol. The number of carbonyl (C=O) groups excluding carboxylic acids is 1. The van der Waals surface area contributed by atoms with Crippen molar-refractivity contribution in [3.8, 4) is 0 Å². The predicted octanol–water partition coefficient (Wildman–Crippen LogP) is 1.90. The number of ketones is 1. The second-order valence-electron chi connectivity index (χ2n) is 3.35. The zero-order valence-corrected chi connectivity index (χ0v) is 8.50. The second kappa shape index (κ2) is 3.96. The van der Waals surface area contributed by atoms with E-state index in [1.807, 2.05) is 6.07 Å². The van der Waals surface area contributed by atoms with Crippen LogP contribution in [0.1, 0.15) is 12.8 Å². The summed E-state index contributed by atoms with van der Waals surface area (Å²) in [4.78, 5) is 17.1. The lowest BCUT2D eigenvalue weighted by Crippen LogP contribution is -2.33. The van der Waals surface area contributed by atoms with Crippen LogP contribution in [0.2, 0.25) is 5.02 Å². The quantitative estimate of drug-likeness (QED) is 0.710. The summed E-state index contributed by atoms with van der Waals surface area (Å²) < 4.78 is 0. The molecule has 2 rings (SSSR count). The number of anilines is 1. The Morgan fingerprint density at radius 1 is 1.36 bits per heavy atom. The molecule has 3 nitrogen and oxygen atoms in total. The Kier molecular flexibility index (Phi) is 2.68. The second-order valence-corrected chi connectivity index (χ2v) is 3.76. The normalized spacial score (nSPS) is 17.2. The molecule has 1 saturated heterocycles. The van der Waals surface area contributed by atoms with Crippen molar-refractivity contribution < 1.29 is 4.79 Å². The van der Waals surface area contributed by atoms with Crippen LogP contribution in [0.4, 0.5) is 5.69 Å². The van der Waals surface area contributed by atoms with Gasteiger partial charge in [-0.2, -0.15) is 0 Å². The largest absolute Gasteiger partial charge is 0.369 e. The van der Waals surface area contributed by atoms with Gasteiger partial charge in [-0.15, -0.1) is 0 Å². The van der Waals surface area contributed by atoms with Gasteiger partial charge in [0.2, 0.25) is 0 Å². The highest BCUT2D eigenvalue weighted by Crippen LogP contribution is 2.25. The molecule has 1 aromatic rings. The van der Waals surface area contributed by atoms with Crippen molar-refractivity contribution in [3.63, 3.8) is 0 Å². The summed E-state index contributed by atoms with van der Waals surface area (Å²) in [5.74, 6) is 0.339. The van der Waals surface area contributed by atoms with Crippen molar-refractivity contribution in [3.05, 3.63) is 23.5 Å². The van der Waals surface area contributed by atoms with Crippen LogP contribution in [-0.2, 0) is 4.79 Å². The van der Waals surface area contributed by atoms with Gasteiger partial charge in [0.05, 0.1) is 10.7 Å². The summed E-state index contributed by atoms with van der Waals surface area (Å²) in [5, 5.41) is 0.654. The zero-order chi connectivity index (χ0) is 9.97. The highest BCUT2D eigenvalue weighted by molar-refractivity contribution is 6.33. The first-order valence-electron chi connectivity index (χ1n) is 4.63. The molecule has 0 atom stereocenters. The Labute approximate surface area is 87.7 Å². The van der Waals surface area contributed by atoms with Gasteiger partial charge >= 0.3 is 0 Å². The number of aromatic nitrogens is 1. The molecule has 0 unspecified atom stereocenters. The number of carbonyl (C=O) groups is 1. The van der Waals surface area contributed by atoms with Crippen LogP contribution in [0.15, 0.2) is 18.5 Å². The molecule has 0 bridgehead atoms. The summed E-state index contributed by atoms with van der Waals surface area (Å²) in [6.45, 7) is 1.53. The van der Waals surface area contributed by atoms with E-state index in [1.165, 1.54) is 0 Å². The van der Waals surface area contributed by atoms with Crippen molar-refractivity contribution in [2.24, 2.45) is 0 Å². The highest BCUT2D eigenvalue weighted by atomic mass is 35.5. The maximum absolute atomic E-state index is 11.1. The van der Waals surface area contributed by atoms with Crippen LogP contribution in [0.3, 0.4) is 0 Å². The van der Waals surface area contributed by atoms with Gasteiger partial charge in [0.1, 0.15) is 5.78 Å². The average Bonchev–Trinajstić information content (AvgIpc) is 2.20. The van der Waals surface area contributed by atoms with Gasteiger partial charge in [0.25, 0.3) is 0 Å². The molecular formula is C10H11ClN2O. The summed E-state index contributed by atoms with van der Waals surface area (Å²) in [7, 11) is 0. The van der Waals surface area contributed by atoms with Gasteiger partial charge in [-0.1, -0.05) is 11.6 Å². The van der Waals surface area contributed by atoms with Crippen LogP contribution in [0, 0.1) is 0 Å². The van der Waals surface area contributed by atoms with Gasteiger partial charge in [-0.05, 0) is 6.07 Å². The molecule has 4 heteroatoms. The maximum Gasteiger partial charge on any atom is 0.136 e. The van der Waals surface area contributed by atoms with E-state index in [0.29, 0.717) is 23.6 Å². The van der Waals surface area contributed by atoms with Crippen LogP contribution >= 0.6 is 11.6 Å². The molecule has 0 amide bonds. The SMILES string of the molecule is O=C1CCN(c2ccncc2Cl)CC1. The average molecular weight is 211 g/mol. The van der Waals surface area contributed by atoms with Gasteiger partial charge in [0.15, 0.2) is 0 Å². The van der Waals surface area contributed by atoms with Gasteiger partial charge < -0.3 is 4.90 Å². The Hall–Kier alpha value is -1.09. The number of halogens is 1. The first kappa shape index (κ1) is 9.46. The fourth-order valence-corrected chi connectivity index (χ4v) is 1.86. The van der Waals surface area contributed by atoms with Gasteiger partial charge in [0, 0.05) is 38.3 Å². The Bertz CT molecular complexity index is 344. The van der Waals surface area contributed by atoms with Gasteiger partial charge in [-0.25, -0.2) is 0 Å². The molecule has 0 N–H and O–H groups in total. The van der Waals surface area contributed by atoms with Crippen LogP contribution in [0.25, 0.3) is 0 Å². The third-order valence-electron chi connectivity index (χ3n) is 2.41. The summed E-state index contributed by atoms with van der Waals surface area (Å²) in [6.07, 6.45) is 4.60. The number of pyridine rings is 1. The standard InChI is InChI=1S/C10H11ClN2O/c11-9-7-12-4-1-10(9)13-5-2-8(14)3-6-13/h1,4,7H,2-3,5-6H2. The summed E-state index contributed by atoms with van der Waals surface area (Å²) in [5.41, 5.74) is 0.981. The molecule has 1 aliphatic heterocycles. The molecule has 1 aliphatic rings. The molecule has 1 aromatic heterocycles. The van der Waals surface area contributed by atoms with E-state index in [4.69, 9.17) is 11.6 Å². The first-order valence-corrected chi connectivity index (χ1v) is 5.01. The fourth-order valence-electron chi connectivity index (χ4n) is 1.62. The minimum atomic E-state index is 0.339. The third kappa shape index (κ3) is 1.87. The summed E-state index contributed by atoms with van der Waals surface area (Å²) >= 11 is 6.00. The fraction of sp³-hybridized carbons (Fsp3) is 0.400. The number of nitrogens with zero attached hydrogens (tertiary/aromatic N) is 2. The number of hydrogen-bond acceptors (Lipinski definition) is 3. The van der Waals surface area contributed by atoms with E-state index in [9.17, 15) is 4.79 Å². The lowest BCUT2D eigenvalue weighted by atomic mass is 10.1. The highest BCUT2D eigenvalue weighted by Gasteiger charge is 2.17. The van der Waals surface area contributed by atoms with Crippen LogP contribution in [0.5, 0.6) is 0 Å². The van der Waals surface area contributed by atoms with E-state index >= 15 is 0 Å². The molecule has 0 aromatic carbocycles. The van der Waals surface area contributed by atoms with E-state index in [1.54, 1.807) is 12.4 Å². The van der Waals surface area contributed by atoms with Crippen LogP contribution in [-0.4, -0.2) is 23.9 Å². The first-order chi connectivity index (χ1) is 6.77. The zero-order valence-electron chi connectivity index (χ0n) is 7.74. The molecular weight excluding hydrogens is 200 g/mol. The molecule has 0 spiro atoms. The number of piperidine rings is 1. The maximum atomic E-state index is 11.1. The molecule has 2 heterocycles. The lowest BCUT2D eigenvalue weighted by molar-refractivity contribution is -0.119. The molecule has 0 saturated carbocycles. The van der Waals surface area contributed by atoms with Crippen LogP contribution < -0.4 is 4.90 Å². The lowest BCUT2D eigenvalue weighted by Gasteiger charge is -2.28. The Morgan fingerprint density at radius 3 is 2.71 bits per heavy atom. The summed E-state index contributed by atoms with van der Waals surface area (Å²) in [6, 6.07) is 1.89. The number of Topliss-reactive ketones (excluding diaryl/α,β-unsaturated/α-hetero) is 1. The topological polar surface area (TPSA) is 33.2 Å². The van der Waals surface area contributed by atoms with Crippen molar-refractivity contribution in [1.29, 1.82) is 0 Å². The van der Waals surface area contributed by atoms with E-state index in [0.717, 1.165) is 18.8 Å². The smallest absolute Gasteiger partial charge is 0.136 e. The van der Waals surface area contributed by atoms with Gasteiger partial charge in [-0.3, -0.25) is 9.78 Å². The number of rotatable bonds is 1. The van der Waals surface area contributed by atoms with Crippen molar-refractivity contribution >= 4 is 23.1 Å². The van der Waals surface area contributed by atoms with Crippen molar-refractivity contribution in [1.82, 2.24) is 4.98 Å². The van der Waals surface area contributed by atoms with E-state index in [-0.39, 0.29) is 0 Å². The molecule has 0 radical (unpaired) electrons. The van der Waals surface area contributed by atoms with Crippen molar-refractivity contribution in [2.75, 3.05) is 18.0 Å². The minimum Gasteiger partial charge on any atom is -0.369 e. The molecule has 0 aliphatic carbocycles.